The minimum atomic E-state index is -0.0997. The van der Waals surface area contributed by atoms with Gasteiger partial charge in [-0.3, -0.25) is 14.2 Å². The molecular weight excluding hydrogens is 366 g/mol. The van der Waals surface area contributed by atoms with Crippen molar-refractivity contribution in [1.29, 1.82) is 0 Å². The van der Waals surface area contributed by atoms with Crippen LogP contribution in [0.2, 0.25) is 0 Å². The van der Waals surface area contributed by atoms with E-state index < -0.39 is 0 Å². The van der Waals surface area contributed by atoms with Crippen molar-refractivity contribution >= 4 is 5.65 Å². The van der Waals surface area contributed by atoms with Gasteiger partial charge in [0.05, 0.1) is 19.4 Å². The minimum absolute atomic E-state index is 0.0205. The van der Waals surface area contributed by atoms with E-state index in [4.69, 9.17) is 14.5 Å². The van der Waals surface area contributed by atoms with Gasteiger partial charge in [0.25, 0.3) is 5.56 Å². The van der Waals surface area contributed by atoms with Gasteiger partial charge in [-0.25, -0.2) is 4.98 Å². The molecule has 4 aromatic rings. The Labute approximate surface area is 167 Å². The van der Waals surface area contributed by atoms with Crippen molar-refractivity contribution in [3.63, 3.8) is 0 Å². The molecule has 3 aromatic heterocycles. The molecule has 6 nitrogen and oxygen atoms in total. The van der Waals surface area contributed by atoms with Crippen LogP contribution in [0.5, 0.6) is 11.5 Å². The molecular formula is C23H19N3O3. The summed E-state index contributed by atoms with van der Waals surface area (Å²) in [6.45, 7) is 0.497. The lowest BCUT2D eigenvalue weighted by atomic mass is 9.93. The van der Waals surface area contributed by atoms with Crippen LogP contribution in [0.15, 0.2) is 71.9 Å². The van der Waals surface area contributed by atoms with Crippen molar-refractivity contribution in [3.8, 4) is 22.6 Å². The second-order valence-corrected chi connectivity index (χ2v) is 7.09. The summed E-state index contributed by atoms with van der Waals surface area (Å²) in [5.41, 5.74) is 4.29. The summed E-state index contributed by atoms with van der Waals surface area (Å²) in [7, 11) is 1.65. The van der Waals surface area contributed by atoms with Gasteiger partial charge in [-0.15, -0.1) is 0 Å². The van der Waals surface area contributed by atoms with Crippen molar-refractivity contribution in [2.24, 2.45) is 0 Å². The largest absolute Gasteiger partial charge is 0.497 e. The summed E-state index contributed by atoms with van der Waals surface area (Å²) in [6.07, 6.45) is 6.05. The van der Waals surface area contributed by atoms with E-state index in [2.05, 4.69) is 4.98 Å². The second-order valence-electron chi connectivity index (χ2n) is 7.09. The van der Waals surface area contributed by atoms with E-state index in [1.165, 1.54) is 0 Å². The van der Waals surface area contributed by atoms with E-state index in [0.29, 0.717) is 12.3 Å². The summed E-state index contributed by atoms with van der Waals surface area (Å²) in [5.74, 6) is 1.68. The van der Waals surface area contributed by atoms with Gasteiger partial charge in [-0.1, -0.05) is 0 Å². The first-order valence-electron chi connectivity index (χ1n) is 9.45. The monoisotopic (exact) mass is 385 g/mol. The smallest absolute Gasteiger partial charge is 0.258 e. The Balaban J connectivity index is 1.51. The molecule has 0 amide bonds. The molecule has 0 saturated heterocycles. The van der Waals surface area contributed by atoms with Gasteiger partial charge in [0.1, 0.15) is 17.1 Å². The number of aromatic nitrogens is 3. The molecule has 4 heterocycles. The number of nitrogens with zero attached hydrogens (tertiary/aromatic N) is 3. The molecule has 144 valence electrons. The van der Waals surface area contributed by atoms with Gasteiger partial charge in [0.2, 0.25) is 0 Å². The number of hydrogen-bond acceptors (Lipinski definition) is 5. The summed E-state index contributed by atoms with van der Waals surface area (Å²) in [5, 5.41) is 0. The number of pyridine rings is 2. The second kappa shape index (κ2) is 7.05. The van der Waals surface area contributed by atoms with Gasteiger partial charge < -0.3 is 9.47 Å². The lowest BCUT2D eigenvalue weighted by molar-refractivity contribution is 0.259. The predicted molar refractivity (Wildman–Crippen MR) is 110 cm³/mol. The van der Waals surface area contributed by atoms with Gasteiger partial charge in [0.15, 0.2) is 0 Å². The van der Waals surface area contributed by atoms with Crippen LogP contribution in [-0.2, 0) is 6.42 Å². The molecule has 0 spiro atoms. The molecule has 1 aliphatic rings. The predicted octanol–water partition coefficient (Wildman–Crippen LogP) is 3.48. The fraction of sp³-hybridized carbons (Fsp3) is 0.174. The quantitative estimate of drug-likeness (QED) is 0.540. The fourth-order valence-corrected chi connectivity index (χ4v) is 3.73. The highest BCUT2D eigenvalue weighted by Crippen LogP contribution is 2.34. The summed E-state index contributed by atoms with van der Waals surface area (Å²) in [4.78, 5) is 21.6. The van der Waals surface area contributed by atoms with Crippen molar-refractivity contribution in [2.75, 3.05) is 13.7 Å². The molecule has 0 bridgehead atoms. The van der Waals surface area contributed by atoms with E-state index in [1.807, 2.05) is 48.7 Å². The fourth-order valence-electron chi connectivity index (χ4n) is 3.73. The topological polar surface area (TPSA) is 65.7 Å². The first-order valence-corrected chi connectivity index (χ1v) is 9.45. The highest BCUT2D eigenvalue weighted by atomic mass is 16.5. The number of ether oxygens (including phenoxy) is 2. The summed E-state index contributed by atoms with van der Waals surface area (Å²) in [6, 6.07) is 15.1. The molecule has 0 saturated carbocycles. The normalized spacial score (nSPS) is 15.6. The maximum absolute atomic E-state index is 12.8. The van der Waals surface area contributed by atoms with Crippen molar-refractivity contribution < 1.29 is 9.47 Å². The van der Waals surface area contributed by atoms with E-state index in [-0.39, 0.29) is 11.5 Å². The van der Waals surface area contributed by atoms with E-state index in [1.54, 1.807) is 30.0 Å². The molecule has 29 heavy (non-hydrogen) atoms. The van der Waals surface area contributed by atoms with Crippen molar-refractivity contribution in [3.05, 3.63) is 88.7 Å². The Hall–Kier alpha value is -3.67. The summed E-state index contributed by atoms with van der Waals surface area (Å²) < 4.78 is 12.8. The lowest BCUT2D eigenvalue weighted by Crippen LogP contribution is -2.23. The zero-order valence-electron chi connectivity index (χ0n) is 15.9. The average molecular weight is 385 g/mol. The molecule has 0 fully saturated rings. The van der Waals surface area contributed by atoms with E-state index in [9.17, 15) is 4.79 Å². The molecule has 1 aromatic carbocycles. The SMILES string of the molecule is COc1ccc2c(c1)CC(c1cc(=O)n3cc(-c4ccncc4)ccc3n1)CO2. The van der Waals surface area contributed by atoms with Gasteiger partial charge >= 0.3 is 0 Å². The maximum Gasteiger partial charge on any atom is 0.258 e. The van der Waals surface area contributed by atoms with E-state index >= 15 is 0 Å². The molecule has 0 aliphatic carbocycles. The van der Waals surface area contributed by atoms with Gasteiger partial charge in [0, 0.05) is 30.6 Å². The number of rotatable bonds is 3. The Morgan fingerprint density at radius 1 is 1.07 bits per heavy atom. The number of benzene rings is 1. The standard InChI is InChI=1S/C23H19N3O3/c1-28-19-3-4-21-17(11-19)10-18(14-29-21)20-12-23(27)26-13-16(2-5-22(26)25-20)15-6-8-24-9-7-15/h2-9,11-13,18H,10,14H2,1H3. The van der Waals surface area contributed by atoms with Gasteiger partial charge in [-0.2, -0.15) is 0 Å². The van der Waals surface area contributed by atoms with Crippen LogP contribution in [0.3, 0.4) is 0 Å². The first-order chi connectivity index (χ1) is 14.2. The van der Waals surface area contributed by atoms with Crippen LogP contribution >= 0.6 is 0 Å². The number of fused-ring (bicyclic) bond motifs is 2. The first kappa shape index (κ1) is 17.4. The zero-order valence-corrected chi connectivity index (χ0v) is 15.9. The molecule has 6 heteroatoms. The number of hydrogen-bond donors (Lipinski definition) is 0. The average Bonchev–Trinajstić information content (AvgIpc) is 2.78. The maximum atomic E-state index is 12.8. The van der Waals surface area contributed by atoms with Crippen LogP contribution in [-0.4, -0.2) is 28.1 Å². The number of methoxy groups -OCH3 is 1. The zero-order chi connectivity index (χ0) is 19.8. The molecule has 5 rings (SSSR count). The van der Waals surface area contributed by atoms with Crippen molar-refractivity contribution in [1.82, 2.24) is 14.4 Å². The van der Waals surface area contributed by atoms with Crippen LogP contribution < -0.4 is 15.0 Å². The molecule has 1 aliphatic heterocycles. The third-order valence-corrected chi connectivity index (χ3v) is 5.29. The third kappa shape index (κ3) is 3.23. The minimum Gasteiger partial charge on any atom is -0.497 e. The lowest BCUT2D eigenvalue weighted by Gasteiger charge is -2.25. The van der Waals surface area contributed by atoms with Crippen LogP contribution in [0, 0.1) is 0 Å². The van der Waals surface area contributed by atoms with Crippen LogP contribution in [0.1, 0.15) is 17.2 Å². The molecule has 1 unspecified atom stereocenters. The van der Waals surface area contributed by atoms with Crippen molar-refractivity contribution in [2.45, 2.75) is 12.3 Å². The third-order valence-electron chi connectivity index (χ3n) is 5.29. The van der Waals surface area contributed by atoms with E-state index in [0.717, 1.165) is 40.3 Å². The Morgan fingerprint density at radius 3 is 2.76 bits per heavy atom. The molecule has 0 N–H and O–H groups in total. The van der Waals surface area contributed by atoms with Crippen LogP contribution in [0.4, 0.5) is 0 Å². The highest BCUT2D eigenvalue weighted by molar-refractivity contribution is 5.64. The molecule has 1 atom stereocenters. The molecule has 0 radical (unpaired) electrons. The van der Waals surface area contributed by atoms with Gasteiger partial charge in [-0.05, 0) is 65.6 Å². The van der Waals surface area contributed by atoms with Crippen LogP contribution in [0.25, 0.3) is 16.8 Å². The Morgan fingerprint density at radius 2 is 1.93 bits per heavy atom. The summed E-state index contributed by atoms with van der Waals surface area (Å²) >= 11 is 0. The Bertz CT molecular complexity index is 1250. The Kier molecular flexibility index (Phi) is 4.24. The highest BCUT2D eigenvalue weighted by Gasteiger charge is 2.24.